The average molecular weight is 350 g/mol. The minimum absolute atomic E-state index is 0.00745. The van der Waals surface area contributed by atoms with Gasteiger partial charge in [-0.15, -0.1) is 11.6 Å². The van der Waals surface area contributed by atoms with Crippen molar-refractivity contribution in [1.29, 1.82) is 0 Å². The Hall–Kier alpha value is -1.91. The zero-order valence-electron chi connectivity index (χ0n) is 13.6. The lowest BCUT2D eigenvalue weighted by atomic mass is 10.0. The number of ether oxygens (including phenoxy) is 1. The third-order valence-electron chi connectivity index (χ3n) is 3.69. The fourth-order valence-corrected chi connectivity index (χ4v) is 2.57. The van der Waals surface area contributed by atoms with Crippen LogP contribution in [0.3, 0.4) is 0 Å². The number of carbonyl (C=O) groups excluding carboxylic acids is 1. The van der Waals surface area contributed by atoms with E-state index in [9.17, 15) is 9.18 Å². The Labute approximate surface area is 146 Å². The van der Waals surface area contributed by atoms with Crippen LogP contribution in [0.4, 0.5) is 4.39 Å². The predicted octanol–water partition coefficient (Wildman–Crippen LogP) is 3.73. The van der Waals surface area contributed by atoms with Crippen molar-refractivity contribution in [2.45, 2.75) is 25.5 Å². The van der Waals surface area contributed by atoms with Crippen molar-refractivity contribution in [3.05, 3.63) is 65.5 Å². The maximum absolute atomic E-state index is 13.1. The van der Waals surface area contributed by atoms with E-state index in [4.69, 9.17) is 16.3 Å². The molecule has 0 saturated carbocycles. The van der Waals surface area contributed by atoms with Crippen LogP contribution in [-0.2, 0) is 17.8 Å². The third kappa shape index (κ3) is 5.95. The molecule has 3 nitrogen and oxygen atoms in total. The molecule has 0 aliphatic heterocycles. The number of carbonyl (C=O) groups is 1. The number of hydrogen-bond acceptors (Lipinski definition) is 3. The Morgan fingerprint density at radius 1 is 1.21 bits per heavy atom. The van der Waals surface area contributed by atoms with Crippen LogP contribution in [0.2, 0.25) is 0 Å². The molecule has 0 amide bonds. The van der Waals surface area contributed by atoms with Crippen molar-refractivity contribution in [3.8, 4) is 5.75 Å². The number of Topliss-reactive ketones (excluding diaryl/α,β-unsaturated/α-hetero) is 1. The SMILES string of the molecule is CNC(CCl)CC(=O)Cc1ccc(OCc2cccc(F)c2)cc1. The highest BCUT2D eigenvalue weighted by Gasteiger charge is 2.11. The Morgan fingerprint density at radius 2 is 1.96 bits per heavy atom. The Kier molecular flexibility index (Phi) is 7.22. The smallest absolute Gasteiger partial charge is 0.138 e. The zero-order valence-corrected chi connectivity index (χ0v) is 14.4. The molecule has 24 heavy (non-hydrogen) atoms. The van der Waals surface area contributed by atoms with Crippen molar-refractivity contribution >= 4 is 17.4 Å². The molecule has 0 bridgehead atoms. The molecular weight excluding hydrogens is 329 g/mol. The van der Waals surface area contributed by atoms with E-state index in [2.05, 4.69) is 5.32 Å². The van der Waals surface area contributed by atoms with E-state index in [-0.39, 0.29) is 17.6 Å². The van der Waals surface area contributed by atoms with Crippen LogP contribution < -0.4 is 10.1 Å². The minimum atomic E-state index is -0.276. The summed E-state index contributed by atoms with van der Waals surface area (Å²) in [5.74, 6) is 0.962. The van der Waals surface area contributed by atoms with E-state index in [1.54, 1.807) is 13.1 Å². The van der Waals surface area contributed by atoms with Crippen LogP contribution in [0, 0.1) is 5.82 Å². The first-order chi connectivity index (χ1) is 11.6. The lowest BCUT2D eigenvalue weighted by Crippen LogP contribution is -2.30. The summed E-state index contributed by atoms with van der Waals surface area (Å²) in [5.41, 5.74) is 1.70. The fourth-order valence-electron chi connectivity index (χ4n) is 2.31. The van der Waals surface area contributed by atoms with E-state index in [1.807, 2.05) is 30.3 Å². The second kappa shape index (κ2) is 9.40. The molecule has 2 rings (SSSR count). The largest absolute Gasteiger partial charge is 0.489 e. The number of rotatable bonds is 9. The second-order valence-corrected chi connectivity index (χ2v) is 5.93. The van der Waals surface area contributed by atoms with E-state index < -0.39 is 0 Å². The predicted molar refractivity (Wildman–Crippen MR) is 94.1 cm³/mol. The number of nitrogens with one attached hydrogen (secondary N) is 1. The van der Waals surface area contributed by atoms with Crippen LogP contribution in [0.15, 0.2) is 48.5 Å². The van der Waals surface area contributed by atoms with Crippen molar-refractivity contribution in [3.63, 3.8) is 0 Å². The van der Waals surface area contributed by atoms with Crippen LogP contribution in [-0.4, -0.2) is 24.8 Å². The van der Waals surface area contributed by atoms with Gasteiger partial charge in [-0.25, -0.2) is 4.39 Å². The Morgan fingerprint density at radius 3 is 2.58 bits per heavy atom. The van der Waals surface area contributed by atoms with Crippen LogP contribution in [0.25, 0.3) is 0 Å². The minimum Gasteiger partial charge on any atom is -0.489 e. The molecule has 0 heterocycles. The summed E-state index contributed by atoms with van der Waals surface area (Å²) in [6, 6.07) is 13.7. The molecule has 128 valence electrons. The van der Waals surface area contributed by atoms with Gasteiger partial charge in [0.15, 0.2) is 0 Å². The normalized spacial score (nSPS) is 12.0. The van der Waals surface area contributed by atoms with E-state index >= 15 is 0 Å². The lowest BCUT2D eigenvalue weighted by Gasteiger charge is -2.11. The molecule has 2 aromatic rings. The Balaban J connectivity index is 1.85. The van der Waals surface area contributed by atoms with E-state index in [0.29, 0.717) is 31.1 Å². The second-order valence-electron chi connectivity index (χ2n) is 5.62. The maximum Gasteiger partial charge on any atom is 0.138 e. The van der Waals surface area contributed by atoms with Gasteiger partial charge in [-0.3, -0.25) is 4.79 Å². The molecule has 1 N–H and O–H groups in total. The van der Waals surface area contributed by atoms with Gasteiger partial charge < -0.3 is 10.1 Å². The van der Waals surface area contributed by atoms with Gasteiger partial charge >= 0.3 is 0 Å². The van der Waals surface area contributed by atoms with Gasteiger partial charge in [-0.1, -0.05) is 24.3 Å². The molecule has 2 aromatic carbocycles. The van der Waals surface area contributed by atoms with Crippen LogP contribution >= 0.6 is 11.6 Å². The highest BCUT2D eigenvalue weighted by atomic mass is 35.5. The fraction of sp³-hybridized carbons (Fsp3) is 0.316. The number of benzene rings is 2. The first-order valence-electron chi connectivity index (χ1n) is 7.82. The molecule has 0 aliphatic carbocycles. The van der Waals surface area contributed by atoms with Gasteiger partial charge in [0.1, 0.15) is 24.0 Å². The van der Waals surface area contributed by atoms with Crippen LogP contribution in [0.5, 0.6) is 5.75 Å². The highest BCUT2D eigenvalue weighted by molar-refractivity contribution is 6.18. The van der Waals surface area contributed by atoms with Crippen molar-refractivity contribution in [2.24, 2.45) is 0 Å². The van der Waals surface area contributed by atoms with Gasteiger partial charge in [0, 0.05) is 24.8 Å². The summed E-state index contributed by atoms with van der Waals surface area (Å²) in [7, 11) is 1.80. The molecule has 5 heteroatoms. The molecule has 0 aromatic heterocycles. The molecule has 1 unspecified atom stereocenters. The zero-order chi connectivity index (χ0) is 17.4. The van der Waals surface area contributed by atoms with Crippen molar-refractivity contribution in [2.75, 3.05) is 12.9 Å². The first-order valence-corrected chi connectivity index (χ1v) is 8.35. The van der Waals surface area contributed by atoms with Crippen molar-refractivity contribution < 1.29 is 13.9 Å². The molecule has 0 fully saturated rings. The number of halogens is 2. The highest BCUT2D eigenvalue weighted by Crippen LogP contribution is 2.16. The molecule has 1 atom stereocenters. The van der Waals surface area contributed by atoms with Gasteiger partial charge in [0.25, 0.3) is 0 Å². The molecule has 0 radical (unpaired) electrons. The van der Waals surface area contributed by atoms with Gasteiger partial charge in [0.05, 0.1) is 0 Å². The molecule has 0 aliphatic rings. The molecule has 0 spiro atoms. The summed E-state index contributed by atoms with van der Waals surface area (Å²) >= 11 is 5.78. The van der Waals surface area contributed by atoms with Gasteiger partial charge in [-0.2, -0.15) is 0 Å². The van der Waals surface area contributed by atoms with Crippen molar-refractivity contribution in [1.82, 2.24) is 5.32 Å². The first kappa shape index (κ1) is 18.4. The average Bonchev–Trinajstić information content (AvgIpc) is 2.59. The summed E-state index contributed by atoms with van der Waals surface area (Å²) in [6.45, 7) is 0.301. The van der Waals surface area contributed by atoms with Crippen LogP contribution in [0.1, 0.15) is 17.5 Å². The summed E-state index contributed by atoms with van der Waals surface area (Å²) in [4.78, 5) is 12.0. The Bertz CT molecular complexity index is 657. The summed E-state index contributed by atoms with van der Waals surface area (Å²) in [6.07, 6.45) is 0.789. The number of alkyl halides is 1. The van der Waals surface area contributed by atoms with Gasteiger partial charge in [-0.05, 0) is 42.4 Å². The quantitative estimate of drug-likeness (QED) is 0.701. The topological polar surface area (TPSA) is 38.3 Å². The summed E-state index contributed by atoms with van der Waals surface area (Å²) < 4.78 is 18.7. The monoisotopic (exact) mass is 349 g/mol. The number of ketones is 1. The van der Waals surface area contributed by atoms with E-state index in [1.165, 1.54) is 12.1 Å². The maximum atomic E-state index is 13.1. The number of hydrogen-bond donors (Lipinski definition) is 1. The summed E-state index contributed by atoms with van der Waals surface area (Å²) in [5, 5.41) is 3.01. The van der Waals surface area contributed by atoms with E-state index in [0.717, 1.165) is 11.1 Å². The molecule has 0 saturated heterocycles. The lowest BCUT2D eigenvalue weighted by molar-refractivity contribution is -0.118. The molecular formula is C19H21ClFNO2. The van der Waals surface area contributed by atoms with Gasteiger partial charge in [0.2, 0.25) is 0 Å². The third-order valence-corrected chi connectivity index (χ3v) is 4.06. The standard InChI is InChI=1S/C19H21ClFNO2/c1-22-17(12-20)11-18(23)10-14-5-7-19(8-6-14)24-13-15-3-2-4-16(21)9-15/h2-9,17,22H,10-13H2,1H3.